The molecule has 0 radical (unpaired) electrons. The standard InChI is InChI=1S/C9H18N4O2.CH4/c1-9(2,3)15-8(14)13(4)7-5-6-11-12-10;/h5-7H2,1-4H3;1H4. The fourth-order valence-electron chi connectivity index (χ4n) is 0.854. The van der Waals surface area contributed by atoms with Crippen LogP contribution in [-0.4, -0.2) is 36.7 Å². The summed E-state index contributed by atoms with van der Waals surface area (Å²) in [7, 11) is 1.66. The molecule has 0 aromatic carbocycles. The van der Waals surface area contributed by atoms with Gasteiger partial charge in [-0.15, -0.1) is 0 Å². The minimum Gasteiger partial charge on any atom is -0.444 e. The highest BCUT2D eigenvalue weighted by Crippen LogP contribution is 2.09. The predicted molar refractivity (Wildman–Crippen MR) is 64.2 cm³/mol. The highest BCUT2D eigenvalue weighted by atomic mass is 16.6. The van der Waals surface area contributed by atoms with Crippen molar-refractivity contribution in [3.63, 3.8) is 0 Å². The van der Waals surface area contributed by atoms with E-state index >= 15 is 0 Å². The van der Waals surface area contributed by atoms with Crippen LogP contribution < -0.4 is 0 Å². The maximum atomic E-state index is 11.4. The van der Waals surface area contributed by atoms with Crippen LogP contribution in [0.25, 0.3) is 10.4 Å². The van der Waals surface area contributed by atoms with Gasteiger partial charge < -0.3 is 9.64 Å². The molecule has 6 nitrogen and oxygen atoms in total. The van der Waals surface area contributed by atoms with E-state index in [1.54, 1.807) is 7.05 Å². The smallest absolute Gasteiger partial charge is 0.410 e. The zero-order valence-corrected chi connectivity index (χ0v) is 9.73. The second-order valence-corrected chi connectivity index (χ2v) is 4.21. The van der Waals surface area contributed by atoms with Gasteiger partial charge in [-0.2, -0.15) is 0 Å². The summed E-state index contributed by atoms with van der Waals surface area (Å²) in [5.41, 5.74) is 7.57. The Morgan fingerprint density at radius 1 is 1.50 bits per heavy atom. The minimum atomic E-state index is -0.476. The number of carbonyl (C=O) groups excluding carboxylic acids is 1. The lowest BCUT2D eigenvalue weighted by molar-refractivity contribution is 0.0298. The van der Waals surface area contributed by atoms with E-state index in [0.29, 0.717) is 19.5 Å². The summed E-state index contributed by atoms with van der Waals surface area (Å²) < 4.78 is 5.14. The largest absolute Gasteiger partial charge is 0.444 e. The van der Waals surface area contributed by atoms with Crippen LogP contribution in [0.4, 0.5) is 4.79 Å². The summed E-state index contributed by atoms with van der Waals surface area (Å²) >= 11 is 0. The number of azide groups is 1. The molecule has 0 N–H and O–H groups in total. The van der Waals surface area contributed by atoms with Gasteiger partial charge in [-0.05, 0) is 32.7 Å². The molecule has 0 aliphatic carbocycles. The van der Waals surface area contributed by atoms with Gasteiger partial charge in [-0.25, -0.2) is 4.79 Å². The Balaban J connectivity index is 0. The number of carbonyl (C=O) groups is 1. The average molecular weight is 230 g/mol. The Kier molecular flexibility index (Phi) is 8.30. The molecule has 0 saturated carbocycles. The van der Waals surface area contributed by atoms with Crippen LogP contribution in [0.5, 0.6) is 0 Å². The molecule has 0 atom stereocenters. The van der Waals surface area contributed by atoms with Gasteiger partial charge in [0.05, 0.1) is 0 Å². The third kappa shape index (κ3) is 9.15. The van der Waals surface area contributed by atoms with E-state index in [4.69, 9.17) is 10.3 Å². The number of ether oxygens (including phenoxy) is 1. The van der Waals surface area contributed by atoms with E-state index < -0.39 is 5.60 Å². The first-order valence-electron chi connectivity index (χ1n) is 4.82. The Hall–Kier alpha value is -1.42. The van der Waals surface area contributed by atoms with Crippen molar-refractivity contribution in [2.24, 2.45) is 5.11 Å². The molecule has 0 aliphatic heterocycles. The Bertz CT molecular complexity index is 254. The van der Waals surface area contributed by atoms with E-state index in [9.17, 15) is 4.79 Å². The summed E-state index contributed by atoms with van der Waals surface area (Å²) in [6.07, 6.45) is 0.281. The normalized spacial score (nSPS) is 9.75. The van der Waals surface area contributed by atoms with E-state index in [1.165, 1.54) is 4.90 Å². The van der Waals surface area contributed by atoms with E-state index in [-0.39, 0.29) is 13.5 Å². The molecule has 6 heteroatoms. The van der Waals surface area contributed by atoms with Gasteiger partial charge in [-0.1, -0.05) is 12.5 Å². The quantitative estimate of drug-likeness (QED) is 0.322. The molecule has 0 spiro atoms. The molecule has 0 rings (SSSR count). The zero-order chi connectivity index (χ0) is 11.9. The van der Waals surface area contributed by atoms with Crippen molar-refractivity contribution in [2.45, 2.75) is 40.2 Å². The highest BCUT2D eigenvalue weighted by Gasteiger charge is 2.18. The van der Waals surface area contributed by atoms with Crippen LogP contribution >= 0.6 is 0 Å². The van der Waals surface area contributed by atoms with Gasteiger partial charge in [0, 0.05) is 25.0 Å². The van der Waals surface area contributed by atoms with E-state index in [1.807, 2.05) is 20.8 Å². The number of amides is 1. The second-order valence-electron chi connectivity index (χ2n) is 4.21. The maximum absolute atomic E-state index is 11.4. The molecular weight excluding hydrogens is 208 g/mol. The van der Waals surface area contributed by atoms with Crippen LogP contribution in [0.15, 0.2) is 5.11 Å². The number of rotatable bonds is 4. The molecule has 16 heavy (non-hydrogen) atoms. The molecule has 0 aliphatic rings. The molecule has 1 amide bonds. The maximum Gasteiger partial charge on any atom is 0.410 e. The SMILES string of the molecule is C.CN(CCCN=[N+]=[N-])C(=O)OC(C)(C)C. The fraction of sp³-hybridized carbons (Fsp3) is 0.900. The first kappa shape index (κ1) is 17.0. The molecule has 94 valence electrons. The van der Waals surface area contributed by atoms with Crippen LogP contribution in [0.1, 0.15) is 34.6 Å². The molecular formula is C10H22N4O2. The van der Waals surface area contributed by atoms with Crippen LogP contribution in [0.3, 0.4) is 0 Å². The third-order valence-corrected chi connectivity index (χ3v) is 1.52. The van der Waals surface area contributed by atoms with Gasteiger partial charge in [0.25, 0.3) is 0 Å². The molecule has 0 fully saturated rings. The topological polar surface area (TPSA) is 78.3 Å². The third-order valence-electron chi connectivity index (χ3n) is 1.52. The summed E-state index contributed by atoms with van der Waals surface area (Å²) in [6.45, 7) is 6.37. The summed E-state index contributed by atoms with van der Waals surface area (Å²) in [5.74, 6) is 0. The van der Waals surface area contributed by atoms with Crippen molar-refractivity contribution in [2.75, 3.05) is 20.1 Å². The zero-order valence-electron chi connectivity index (χ0n) is 9.73. The molecule has 0 aromatic heterocycles. The van der Waals surface area contributed by atoms with Crippen molar-refractivity contribution in [1.29, 1.82) is 0 Å². The fourth-order valence-corrected chi connectivity index (χ4v) is 0.854. The summed E-state index contributed by atoms with van der Waals surface area (Å²) in [4.78, 5) is 15.5. The number of hydrogen-bond donors (Lipinski definition) is 0. The lowest BCUT2D eigenvalue weighted by Gasteiger charge is -2.24. The molecule has 0 saturated heterocycles. The van der Waals surface area contributed by atoms with E-state index in [2.05, 4.69) is 10.0 Å². The molecule has 0 unspecified atom stereocenters. The second kappa shape index (κ2) is 7.82. The van der Waals surface area contributed by atoms with E-state index in [0.717, 1.165) is 0 Å². The summed E-state index contributed by atoms with van der Waals surface area (Å²) in [6, 6.07) is 0. The van der Waals surface area contributed by atoms with Crippen LogP contribution in [0.2, 0.25) is 0 Å². The number of hydrogen-bond acceptors (Lipinski definition) is 3. The molecule has 0 heterocycles. The van der Waals surface area contributed by atoms with Gasteiger partial charge in [0.15, 0.2) is 0 Å². The molecule has 0 bridgehead atoms. The number of nitrogens with zero attached hydrogens (tertiary/aromatic N) is 4. The monoisotopic (exact) mass is 230 g/mol. The lowest BCUT2D eigenvalue weighted by Crippen LogP contribution is -2.34. The van der Waals surface area contributed by atoms with Crippen LogP contribution in [-0.2, 0) is 4.74 Å². The predicted octanol–water partition coefficient (Wildman–Crippen LogP) is 3.19. The van der Waals surface area contributed by atoms with Crippen molar-refractivity contribution in [3.8, 4) is 0 Å². The van der Waals surface area contributed by atoms with Crippen molar-refractivity contribution >= 4 is 6.09 Å². The lowest BCUT2D eigenvalue weighted by atomic mass is 10.2. The van der Waals surface area contributed by atoms with Crippen LogP contribution in [0, 0.1) is 0 Å². The van der Waals surface area contributed by atoms with Gasteiger partial charge in [-0.3, -0.25) is 0 Å². The minimum absolute atomic E-state index is 0. The average Bonchev–Trinajstić information content (AvgIpc) is 2.09. The van der Waals surface area contributed by atoms with Gasteiger partial charge in [0.1, 0.15) is 5.60 Å². The Labute approximate surface area is 97.2 Å². The van der Waals surface area contributed by atoms with Crippen molar-refractivity contribution in [1.82, 2.24) is 4.90 Å². The van der Waals surface area contributed by atoms with Gasteiger partial charge >= 0.3 is 6.09 Å². The molecule has 0 aromatic rings. The highest BCUT2D eigenvalue weighted by molar-refractivity contribution is 5.67. The Morgan fingerprint density at radius 3 is 2.50 bits per heavy atom. The first-order chi connectivity index (χ1) is 6.87. The first-order valence-corrected chi connectivity index (χ1v) is 4.82. The van der Waals surface area contributed by atoms with Crippen molar-refractivity contribution in [3.05, 3.63) is 10.4 Å². The summed E-state index contributed by atoms with van der Waals surface area (Å²) in [5, 5.41) is 3.38. The van der Waals surface area contributed by atoms with Crippen molar-refractivity contribution < 1.29 is 9.53 Å². The Morgan fingerprint density at radius 2 is 2.06 bits per heavy atom. The van der Waals surface area contributed by atoms with Gasteiger partial charge in [0.2, 0.25) is 0 Å².